The first-order chi connectivity index (χ1) is 8.47. The minimum absolute atomic E-state index is 0.0965. The molecule has 1 fully saturated rings. The van der Waals surface area contributed by atoms with Crippen LogP contribution in [0.15, 0.2) is 18.2 Å². The zero-order valence-electron chi connectivity index (χ0n) is 10.1. The predicted molar refractivity (Wildman–Crippen MR) is 74.8 cm³/mol. The molecule has 18 heavy (non-hydrogen) atoms. The van der Waals surface area contributed by atoms with Crippen LogP contribution in [-0.2, 0) is 0 Å². The van der Waals surface area contributed by atoms with Gasteiger partial charge in [-0.1, -0.05) is 0 Å². The van der Waals surface area contributed by atoms with Crippen molar-refractivity contribution in [2.75, 3.05) is 13.6 Å². The van der Waals surface area contributed by atoms with E-state index in [-0.39, 0.29) is 17.8 Å². The van der Waals surface area contributed by atoms with Gasteiger partial charge in [-0.2, -0.15) is 0 Å². The number of halogens is 2. The molecule has 0 aromatic heterocycles. The normalized spacial score (nSPS) is 22.4. The van der Waals surface area contributed by atoms with Gasteiger partial charge >= 0.3 is 0 Å². The molecule has 0 unspecified atom stereocenters. The molecule has 0 atom stereocenters. The molecule has 0 aliphatic heterocycles. The Balaban J connectivity index is 2.01. The van der Waals surface area contributed by atoms with Crippen LogP contribution in [0.3, 0.4) is 0 Å². The highest BCUT2D eigenvalue weighted by Crippen LogP contribution is 2.28. The summed E-state index contributed by atoms with van der Waals surface area (Å²) in [5, 5.41) is 9.22. The number of amides is 1. The highest BCUT2D eigenvalue weighted by atomic mass is 127. The van der Waals surface area contributed by atoms with Crippen LogP contribution in [0.1, 0.15) is 23.2 Å². The van der Waals surface area contributed by atoms with Crippen molar-refractivity contribution in [2.24, 2.45) is 5.92 Å². The molecule has 1 aliphatic rings. The zero-order valence-corrected chi connectivity index (χ0v) is 12.2. The van der Waals surface area contributed by atoms with E-state index in [0.717, 1.165) is 12.8 Å². The number of carbonyl (C=O) groups excluding carboxylic acids is 1. The van der Waals surface area contributed by atoms with Crippen molar-refractivity contribution in [3.05, 3.63) is 33.1 Å². The first-order valence-electron chi connectivity index (χ1n) is 5.86. The standard InChI is InChI=1S/C13H15FINO2/c1-16(7-8-4-10(17)5-8)13(18)11-3-2-9(14)6-12(11)15/h2-3,6,8,10,17H,4-5,7H2,1H3. The summed E-state index contributed by atoms with van der Waals surface area (Å²) in [6.45, 7) is 0.642. The van der Waals surface area contributed by atoms with Crippen molar-refractivity contribution < 1.29 is 14.3 Å². The van der Waals surface area contributed by atoms with E-state index in [0.29, 0.717) is 21.6 Å². The Morgan fingerprint density at radius 2 is 2.22 bits per heavy atom. The Hall–Kier alpha value is -0.690. The Kier molecular flexibility index (Phi) is 4.21. The Labute approximate surface area is 119 Å². The number of hydrogen-bond donors (Lipinski definition) is 1. The molecule has 1 N–H and O–H groups in total. The summed E-state index contributed by atoms with van der Waals surface area (Å²) in [6, 6.07) is 4.18. The maximum atomic E-state index is 13.0. The lowest BCUT2D eigenvalue weighted by Crippen LogP contribution is -2.39. The summed E-state index contributed by atoms with van der Waals surface area (Å²) in [4.78, 5) is 13.8. The summed E-state index contributed by atoms with van der Waals surface area (Å²) in [5.74, 6) is -0.0476. The molecule has 0 spiro atoms. The second-order valence-electron chi connectivity index (χ2n) is 4.80. The Morgan fingerprint density at radius 1 is 1.56 bits per heavy atom. The van der Waals surface area contributed by atoms with Gasteiger partial charge in [-0.05, 0) is 59.5 Å². The van der Waals surface area contributed by atoms with Crippen LogP contribution < -0.4 is 0 Å². The average molecular weight is 363 g/mol. The summed E-state index contributed by atoms with van der Waals surface area (Å²) in [5.41, 5.74) is 0.527. The number of benzene rings is 1. The summed E-state index contributed by atoms with van der Waals surface area (Å²) < 4.78 is 13.6. The lowest BCUT2D eigenvalue weighted by atomic mass is 9.82. The predicted octanol–water partition coefficient (Wildman–Crippen LogP) is 2.27. The maximum Gasteiger partial charge on any atom is 0.254 e. The maximum absolute atomic E-state index is 13.0. The highest BCUT2D eigenvalue weighted by molar-refractivity contribution is 14.1. The van der Waals surface area contributed by atoms with Gasteiger partial charge in [-0.25, -0.2) is 4.39 Å². The number of hydrogen-bond acceptors (Lipinski definition) is 2. The zero-order chi connectivity index (χ0) is 13.3. The number of aliphatic hydroxyl groups is 1. The molecule has 98 valence electrons. The van der Waals surface area contributed by atoms with E-state index < -0.39 is 0 Å². The van der Waals surface area contributed by atoms with Crippen molar-refractivity contribution in [1.29, 1.82) is 0 Å². The minimum Gasteiger partial charge on any atom is -0.393 e. The first kappa shape index (κ1) is 13.7. The number of rotatable bonds is 3. The molecule has 1 aromatic carbocycles. The Bertz CT molecular complexity index is 460. The highest BCUT2D eigenvalue weighted by Gasteiger charge is 2.29. The van der Waals surface area contributed by atoms with Crippen LogP contribution in [0.4, 0.5) is 4.39 Å². The molecule has 3 nitrogen and oxygen atoms in total. The van der Waals surface area contributed by atoms with E-state index in [9.17, 15) is 14.3 Å². The van der Waals surface area contributed by atoms with Gasteiger partial charge in [-0.15, -0.1) is 0 Å². The fourth-order valence-electron chi connectivity index (χ4n) is 2.19. The van der Waals surface area contributed by atoms with Gasteiger partial charge in [-0.3, -0.25) is 4.79 Å². The molecule has 1 amide bonds. The fourth-order valence-corrected chi connectivity index (χ4v) is 2.90. The van der Waals surface area contributed by atoms with Crippen molar-refractivity contribution in [3.8, 4) is 0 Å². The molecule has 0 heterocycles. The average Bonchev–Trinajstić information content (AvgIpc) is 2.26. The molecular weight excluding hydrogens is 348 g/mol. The molecule has 0 saturated heterocycles. The molecule has 0 radical (unpaired) electrons. The van der Waals surface area contributed by atoms with Crippen LogP contribution in [0.5, 0.6) is 0 Å². The van der Waals surface area contributed by atoms with Gasteiger partial charge in [0.1, 0.15) is 5.82 Å². The first-order valence-corrected chi connectivity index (χ1v) is 6.94. The number of carbonyl (C=O) groups is 1. The third kappa shape index (κ3) is 3.00. The lowest BCUT2D eigenvalue weighted by Gasteiger charge is -2.34. The second-order valence-corrected chi connectivity index (χ2v) is 5.96. The van der Waals surface area contributed by atoms with Gasteiger partial charge in [0.2, 0.25) is 0 Å². The van der Waals surface area contributed by atoms with Crippen molar-refractivity contribution >= 4 is 28.5 Å². The number of aliphatic hydroxyl groups excluding tert-OH is 1. The van der Waals surface area contributed by atoms with Crippen molar-refractivity contribution in [3.63, 3.8) is 0 Å². The molecular formula is C13H15FINO2. The SMILES string of the molecule is CN(CC1CC(O)C1)C(=O)c1ccc(F)cc1I. The molecule has 0 bridgehead atoms. The van der Waals surface area contributed by atoms with E-state index in [2.05, 4.69) is 0 Å². The van der Waals surface area contributed by atoms with Crippen molar-refractivity contribution in [2.45, 2.75) is 18.9 Å². The molecule has 1 aliphatic carbocycles. The van der Waals surface area contributed by atoms with Crippen LogP contribution in [-0.4, -0.2) is 35.6 Å². The Morgan fingerprint density at radius 3 is 2.78 bits per heavy atom. The van der Waals surface area contributed by atoms with E-state index in [1.807, 2.05) is 22.6 Å². The van der Waals surface area contributed by atoms with Gasteiger partial charge < -0.3 is 10.0 Å². The van der Waals surface area contributed by atoms with E-state index in [4.69, 9.17) is 0 Å². The van der Waals surface area contributed by atoms with E-state index in [1.54, 1.807) is 11.9 Å². The van der Waals surface area contributed by atoms with Gasteiger partial charge in [0.05, 0.1) is 11.7 Å². The summed E-state index contributed by atoms with van der Waals surface area (Å²) in [7, 11) is 1.74. The second kappa shape index (κ2) is 5.52. The summed E-state index contributed by atoms with van der Waals surface area (Å²) >= 11 is 1.97. The van der Waals surface area contributed by atoms with E-state index in [1.165, 1.54) is 18.2 Å². The monoisotopic (exact) mass is 363 g/mol. The van der Waals surface area contributed by atoms with E-state index >= 15 is 0 Å². The van der Waals surface area contributed by atoms with Gasteiger partial charge in [0.15, 0.2) is 0 Å². The number of nitrogens with zero attached hydrogens (tertiary/aromatic N) is 1. The van der Waals surface area contributed by atoms with Crippen LogP contribution in [0.2, 0.25) is 0 Å². The largest absolute Gasteiger partial charge is 0.393 e. The fraction of sp³-hybridized carbons (Fsp3) is 0.462. The van der Waals surface area contributed by atoms with Crippen LogP contribution in [0, 0.1) is 15.3 Å². The quantitative estimate of drug-likeness (QED) is 0.838. The molecule has 5 heteroatoms. The summed E-state index contributed by atoms with van der Waals surface area (Å²) in [6.07, 6.45) is 1.32. The molecule has 1 saturated carbocycles. The van der Waals surface area contributed by atoms with Gasteiger partial charge in [0.25, 0.3) is 5.91 Å². The molecule has 2 rings (SSSR count). The van der Waals surface area contributed by atoms with Crippen molar-refractivity contribution in [1.82, 2.24) is 4.90 Å². The third-order valence-electron chi connectivity index (χ3n) is 3.25. The lowest BCUT2D eigenvalue weighted by molar-refractivity contribution is 0.0265. The smallest absolute Gasteiger partial charge is 0.254 e. The molecule has 1 aromatic rings. The topological polar surface area (TPSA) is 40.5 Å². The van der Waals surface area contributed by atoms with Crippen LogP contribution in [0.25, 0.3) is 0 Å². The van der Waals surface area contributed by atoms with Crippen LogP contribution >= 0.6 is 22.6 Å². The third-order valence-corrected chi connectivity index (χ3v) is 4.14. The van der Waals surface area contributed by atoms with Gasteiger partial charge in [0, 0.05) is 17.2 Å². The minimum atomic E-state index is -0.333.